The van der Waals surface area contributed by atoms with Gasteiger partial charge in [0.2, 0.25) is 0 Å². The molecule has 1 unspecified atom stereocenters. The quantitative estimate of drug-likeness (QED) is 0.365. The fourth-order valence-corrected chi connectivity index (χ4v) is 1.20. The topological polar surface area (TPSA) is 32.6 Å². The number of aliphatic imine (C=N–C) groups is 1. The van der Waals surface area contributed by atoms with Crippen molar-refractivity contribution in [2.45, 2.75) is 26.2 Å². The molecule has 0 aliphatic carbocycles. The molecule has 0 amide bonds. The zero-order chi connectivity index (χ0) is 7.28. The molecule has 1 atom stereocenters. The zero-order valence-corrected chi connectivity index (χ0v) is 6.90. The molecular formula is C6H13NOS. The van der Waals surface area contributed by atoms with Gasteiger partial charge in [0.05, 0.1) is 5.04 Å². The number of rotatable bonds is 2. The van der Waals surface area contributed by atoms with E-state index in [9.17, 15) is 0 Å². The van der Waals surface area contributed by atoms with Crippen LogP contribution in [0.4, 0.5) is 0 Å². The minimum absolute atomic E-state index is 0.333. The third-order valence-electron chi connectivity index (χ3n) is 0.722. The van der Waals surface area contributed by atoms with Crippen LogP contribution >= 0.6 is 11.8 Å². The predicted molar refractivity (Wildman–Crippen MR) is 42.9 cm³/mol. The highest BCUT2D eigenvalue weighted by Crippen LogP contribution is 2.08. The number of thioether (sulfide) groups is 1. The van der Waals surface area contributed by atoms with Crippen LogP contribution in [0.25, 0.3) is 0 Å². The van der Waals surface area contributed by atoms with Crippen LogP contribution in [0.15, 0.2) is 4.99 Å². The van der Waals surface area contributed by atoms with Gasteiger partial charge in [-0.3, -0.25) is 4.99 Å². The Kier molecular flexibility index (Phi) is 4.81. The molecule has 0 aromatic rings. The second-order valence-corrected chi connectivity index (χ2v) is 3.22. The first kappa shape index (κ1) is 8.98. The molecule has 2 nitrogen and oxygen atoms in total. The highest BCUT2D eigenvalue weighted by atomic mass is 32.2. The van der Waals surface area contributed by atoms with Gasteiger partial charge in [0.25, 0.3) is 0 Å². The van der Waals surface area contributed by atoms with Crippen LogP contribution in [0, 0.1) is 0 Å². The molecule has 54 valence electrons. The van der Waals surface area contributed by atoms with Gasteiger partial charge >= 0.3 is 0 Å². The second kappa shape index (κ2) is 4.82. The smallest absolute Gasteiger partial charge is 0.102 e. The molecule has 0 rings (SSSR count). The minimum atomic E-state index is -0.333. The van der Waals surface area contributed by atoms with Gasteiger partial charge in [0, 0.05) is 6.54 Å². The largest absolute Gasteiger partial charge is 0.382 e. The summed E-state index contributed by atoms with van der Waals surface area (Å²) in [6.45, 7) is 6.41. The standard InChI is InChI=1S/C6H13NOS/c1-4-7-5(2)9-6(3)8/h6,8H,4H2,1-3H3. The van der Waals surface area contributed by atoms with Crippen molar-refractivity contribution in [1.82, 2.24) is 0 Å². The average Bonchev–Trinajstić information content (AvgIpc) is 1.63. The van der Waals surface area contributed by atoms with Gasteiger partial charge in [-0.15, -0.1) is 0 Å². The fourth-order valence-electron chi connectivity index (χ4n) is 0.507. The van der Waals surface area contributed by atoms with Crippen LogP contribution in [0.3, 0.4) is 0 Å². The summed E-state index contributed by atoms with van der Waals surface area (Å²) >= 11 is 1.38. The van der Waals surface area contributed by atoms with E-state index >= 15 is 0 Å². The van der Waals surface area contributed by atoms with Crippen molar-refractivity contribution in [3.63, 3.8) is 0 Å². The molecule has 0 bridgehead atoms. The number of aliphatic hydroxyl groups is 1. The number of hydrogen-bond donors (Lipinski definition) is 1. The molecule has 1 N–H and O–H groups in total. The molecule has 0 aliphatic rings. The van der Waals surface area contributed by atoms with E-state index in [4.69, 9.17) is 5.11 Å². The number of nitrogens with zero attached hydrogens (tertiary/aromatic N) is 1. The molecular weight excluding hydrogens is 134 g/mol. The Morgan fingerprint density at radius 1 is 1.78 bits per heavy atom. The fraction of sp³-hybridized carbons (Fsp3) is 0.833. The van der Waals surface area contributed by atoms with Crippen molar-refractivity contribution in [3.05, 3.63) is 0 Å². The van der Waals surface area contributed by atoms with Crippen molar-refractivity contribution in [1.29, 1.82) is 0 Å². The van der Waals surface area contributed by atoms with E-state index in [1.54, 1.807) is 6.92 Å². The molecule has 0 spiro atoms. The van der Waals surface area contributed by atoms with E-state index in [1.165, 1.54) is 11.8 Å². The van der Waals surface area contributed by atoms with E-state index in [-0.39, 0.29) is 5.44 Å². The van der Waals surface area contributed by atoms with Crippen LogP contribution in [-0.2, 0) is 0 Å². The molecule has 0 aromatic carbocycles. The predicted octanol–water partition coefficient (Wildman–Crippen LogP) is 1.50. The molecule has 0 saturated carbocycles. The van der Waals surface area contributed by atoms with Crippen LogP contribution < -0.4 is 0 Å². The summed E-state index contributed by atoms with van der Waals surface area (Å²) in [7, 11) is 0. The summed E-state index contributed by atoms with van der Waals surface area (Å²) in [6.07, 6.45) is 0. The van der Waals surface area contributed by atoms with Gasteiger partial charge in [-0.2, -0.15) is 0 Å². The van der Waals surface area contributed by atoms with Gasteiger partial charge in [-0.1, -0.05) is 11.8 Å². The normalized spacial score (nSPS) is 15.8. The van der Waals surface area contributed by atoms with Crippen molar-refractivity contribution in [2.75, 3.05) is 6.54 Å². The van der Waals surface area contributed by atoms with Crippen LogP contribution in [0.5, 0.6) is 0 Å². The lowest BCUT2D eigenvalue weighted by Crippen LogP contribution is -1.97. The highest BCUT2D eigenvalue weighted by molar-refractivity contribution is 8.14. The lowest BCUT2D eigenvalue weighted by atomic mass is 10.7. The van der Waals surface area contributed by atoms with E-state index in [0.717, 1.165) is 11.6 Å². The van der Waals surface area contributed by atoms with Crippen LogP contribution in [0.2, 0.25) is 0 Å². The Morgan fingerprint density at radius 3 is 2.67 bits per heavy atom. The van der Waals surface area contributed by atoms with Crippen molar-refractivity contribution >= 4 is 16.8 Å². The number of aliphatic hydroxyl groups excluding tert-OH is 1. The van der Waals surface area contributed by atoms with E-state index < -0.39 is 0 Å². The first-order valence-electron chi connectivity index (χ1n) is 3.02. The number of hydrogen-bond acceptors (Lipinski definition) is 3. The summed E-state index contributed by atoms with van der Waals surface area (Å²) < 4.78 is 0. The molecule has 3 heteroatoms. The summed E-state index contributed by atoms with van der Waals surface area (Å²) in [5, 5.41) is 9.78. The van der Waals surface area contributed by atoms with Crippen molar-refractivity contribution in [2.24, 2.45) is 4.99 Å². The Labute approximate surface area is 60.4 Å². The van der Waals surface area contributed by atoms with Gasteiger partial charge in [0.1, 0.15) is 5.44 Å². The third kappa shape index (κ3) is 5.86. The maximum absolute atomic E-state index is 8.83. The third-order valence-corrected chi connectivity index (χ3v) is 1.53. The molecule has 9 heavy (non-hydrogen) atoms. The Morgan fingerprint density at radius 2 is 2.33 bits per heavy atom. The minimum Gasteiger partial charge on any atom is -0.382 e. The van der Waals surface area contributed by atoms with E-state index in [0.29, 0.717) is 0 Å². The van der Waals surface area contributed by atoms with Gasteiger partial charge in [-0.25, -0.2) is 0 Å². The van der Waals surface area contributed by atoms with Gasteiger partial charge in [-0.05, 0) is 20.8 Å². The van der Waals surface area contributed by atoms with Crippen LogP contribution in [-0.4, -0.2) is 22.1 Å². The molecule has 0 radical (unpaired) electrons. The van der Waals surface area contributed by atoms with Gasteiger partial charge < -0.3 is 5.11 Å². The maximum atomic E-state index is 8.83. The Bertz CT molecular complexity index is 101. The lowest BCUT2D eigenvalue weighted by Gasteiger charge is -2.00. The van der Waals surface area contributed by atoms with E-state index in [2.05, 4.69) is 4.99 Å². The second-order valence-electron chi connectivity index (χ2n) is 1.71. The molecule has 0 saturated heterocycles. The molecule has 0 fully saturated rings. The van der Waals surface area contributed by atoms with Crippen molar-refractivity contribution < 1.29 is 5.11 Å². The molecule has 0 aliphatic heterocycles. The summed E-state index contributed by atoms with van der Waals surface area (Å²) in [6, 6.07) is 0. The first-order valence-corrected chi connectivity index (χ1v) is 3.90. The Balaban J connectivity index is 3.49. The average molecular weight is 147 g/mol. The highest BCUT2D eigenvalue weighted by Gasteiger charge is 1.96. The maximum Gasteiger partial charge on any atom is 0.102 e. The van der Waals surface area contributed by atoms with Crippen molar-refractivity contribution in [3.8, 4) is 0 Å². The van der Waals surface area contributed by atoms with E-state index in [1.807, 2.05) is 13.8 Å². The molecule has 0 heterocycles. The summed E-state index contributed by atoms with van der Waals surface area (Å²) in [5.74, 6) is 0. The SMILES string of the molecule is CCN=C(C)SC(C)O. The monoisotopic (exact) mass is 147 g/mol. The zero-order valence-electron chi connectivity index (χ0n) is 6.09. The Hall–Kier alpha value is -0.0200. The van der Waals surface area contributed by atoms with Gasteiger partial charge in [0.15, 0.2) is 0 Å². The summed E-state index contributed by atoms with van der Waals surface area (Å²) in [4.78, 5) is 4.08. The first-order chi connectivity index (χ1) is 4.16. The lowest BCUT2D eigenvalue weighted by molar-refractivity contribution is 0.285. The van der Waals surface area contributed by atoms with Crippen LogP contribution in [0.1, 0.15) is 20.8 Å². The molecule has 0 aromatic heterocycles. The summed E-state index contributed by atoms with van der Waals surface area (Å²) in [5.41, 5.74) is -0.333.